The van der Waals surface area contributed by atoms with Crippen LogP contribution in [-0.4, -0.2) is 21.4 Å². The molecule has 0 saturated heterocycles. The molecule has 122 valence electrons. The van der Waals surface area contributed by atoms with Crippen molar-refractivity contribution in [3.63, 3.8) is 0 Å². The minimum atomic E-state index is -0.0346. The van der Waals surface area contributed by atoms with Crippen molar-refractivity contribution >= 4 is 23.5 Å². The van der Waals surface area contributed by atoms with Gasteiger partial charge in [0.05, 0.1) is 17.4 Å². The fraction of sp³-hybridized carbons (Fsp3) is 0.750. The molecule has 0 spiro atoms. The lowest BCUT2D eigenvalue weighted by atomic mass is 10.0. The maximum absolute atomic E-state index is 12.5. The summed E-state index contributed by atoms with van der Waals surface area (Å²) >= 11 is 1.58. The van der Waals surface area contributed by atoms with Crippen LogP contribution in [-0.2, 0) is 4.79 Å². The van der Waals surface area contributed by atoms with E-state index >= 15 is 0 Å². The van der Waals surface area contributed by atoms with E-state index in [1.54, 1.807) is 11.8 Å². The molecule has 0 unspecified atom stereocenters. The summed E-state index contributed by atoms with van der Waals surface area (Å²) in [4.78, 5) is 24.6. The second kappa shape index (κ2) is 6.52. The second-order valence-electron chi connectivity index (χ2n) is 6.74. The fourth-order valence-electron chi connectivity index (χ4n) is 3.59. The molecule has 3 rings (SSSR count). The number of aromatic amines is 1. The van der Waals surface area contributed by atoms with Crippen LogP contribution in [0.15, 0.2) is 4.79 Å². The first kappa shape index (κ1) is 15.7. The molecule has 0 aromatic carbocycles. The Labute approximate surface area is 135 Å². The highest BCUT2D eigenvalue weighted by molar-refractivity contribution is 8.00. The largest absolute Gasteiger partial charge is 0.310 e. The number of nitrogens with one attached hydrogen (secondary N) is 2. The van der Waals surface area contributed by atoms with E-state index < -0.39 is 0 Å². The smallest absolute Gasteiger partial charge is 0.270 e. The van der Waals surface area contributed by atoms with Crippen LogP contribution < -0.4 is 10.9 Å². The van der Waals surface area contributed by atoms with Gasteiger partial charge in [-0.05, 0) is 18.8 Å². The van der Waals surface area contributed by atoms with Crippen molar-refractivity contribution in [2.24, 2.45) is 5.92 Å². The lowest BCUT2D eigenvalue weighted by Crippen LogP contribution is -2.19. The Balaban J connectivity index is 2.04. The van der Waals surface area contributed by atoms with Gasteiger partial charge in [0.2, 0.25) is 5.91 Å². The van der Waals surface area contributed by atoms with Gasteiger partial charge < -0.3 is 5.32 Å². The van der Waals surface area contributed by atoms with Crippen LogP contribution in [0.2, 0.25) is 0 Å². The normalized spacial score (nSPS) is 23.8. The minimum Gasteiger partial charge on any atom is -0.310 e. The number of hydrogen-bond donors (Lipinski definition) is 2. The quantitative estimate of drug-likeness (QED) is 0.819. The number of thioether (sulfide) groups is 1. The number of amides is 1. The summed E-state index contributed by atoms with van der Waals surface area (Å²) in [5.74, 6) is 1.46. The van der Waals surface area contributed by atoms with Crippen molar-refractivity contribution in [1.29, 1.82) is 0 Å². The topological polar surface area (TPSA) is 66.9 Å². The maximum atomic E-state index is 12.5. The van der Waals surface area contributed by atoms with Crippen molar-refractivity contribution in [2.75, 3.05) is 11.1 Å². The highest BCUT2D eigenvalue weighted by Crippen LogP contribution is 2.41. The molecule has 1 atom stereocenters. The number of H-pyrrole nitrogens is 1. The molecule has 0 radical (unpaired) electrons. The molecule has 1 aliphatic heterocycles. The summed E-state index contributed by atoms with van der Waals surface area (Å²) in [7, 11) is 0. The third-order valence-electron chi connectivity index (χ3n) is 4.69. The molecule has 2 aliphatic rings. The molecule has 2 N–H and O–H groups in total. The summed E-state index contributed by atoms with van der Waals surface area (Å²) in [6.45, 7) is 4.22. The van der Waals surface area contributed by atoms with Crippen LogP contribution >= 0.6 is 11.8 Å². The lowest BCUT2D eigenvalue weighted by Gasteiger charge is -2.20. The Hall–Kier alpha value is -1.17. The molecule has 22 heavy (non-hydrogen) atoms. The Bertz CT molecular complexity index is 597. The van der Waals surface area contributed by atoms with Gasteiger partial charge in [-0.15, -0.1) is 11.8 Å². The maximum Gasteiger partial charge on any atom is 0.270 e. The molecule has 1 fully saturated rings. The summed E-state index contributed by atoms with van der Waals surface area (Å²) < 4.78 is 1.96. The Morgan fingerprint density at radius 2 is 1.82 bits per heavy atom. The van der Waals surface area contributed by atoms with Crippen LogP contribution in [0, 0.1) is 5.92 Å². The number of carbonyl (C=O) groups excluding carboxylic acids is 1. The van der Waals surface area contributed by atoms with E-state index in [9.17, 15) is 9.59 Å². The van der Waals surface area contributed by atoms with Crippen LogP contribution in [0.1, 0.15) is 69.2 Å². The molecular formula is C16H25N3O2S. The number of carbonyl (C=O) groups is 1. The number of hydrogen-bond acceptors (Lipinski definition) is 3. The molecular weight excluding hydrogens is 298 g/mol. The van der Waals surface area contributed by atoms with E-state index in [4.69, 9.17) is 0 Å². The van der Waals surface area contributed by atoms with Crippen molar-refractivity contribution in [2.45, 2.75) is 63.7 Å². The molecule has 1 aromatic heterocycles. The average molecular weight is 323 g/mol. The Kier molecular flexibility index (Phi) is 4.66. The summed E-state index contributed by atoms with van der Waals surface area (Å²) in [6.07, 6.45) is 7.06. The van der Waals surface area contributed by atoms with Gasteiger partial charge in [0, 0.05) is 5.25 Å². The van der Waals surface area contributed by atoms with Crippen LogP contribution in [0.3, 0.4) is 0 Å². The minimum absolute atomic E-state index is 0.00391. The van der Waals surface area contributed by atoms with Crippen LogP contribution in [0.4, 0.5) is 5.82 Å². The summed E-state index contributed by atoms with van der Waals surface area (Å²) in [5, 5.41) is 6.08. The Morgan fingerprint density at radius 1 is 1.14 bits per heavy atom. The van der Waals surface area contributed by atoms with E-state index in [1.165, 1.54) is 25.7 Å². The van der Waals surface area contributed by atoms with Gasteiger partial charge in [-0.2, -0.15) is 0 Å². The highest BCUT2D eigenvalue weighted by Gasteiger charge is 2.32. The zero-order chi connectivity index (χ0) is 15.7. The molecule has 1 saturated carbocycles. The first-order chi connectivity index (χ1) is 10.6. The number of aromatic nitrogens is 2. The van der Waals surface area contributed by atoms with E-state index in [0.717, 1.165) is 24.2 Å². The third kappa shape index (κ3) is 2.98. The van der Waals surface area contributed by atoms with Gasteiger partial charge in [-0.1, -0.05) is 39.5 Å². The standard InChI is InChI=1S/C16H25N3O2S/c1-10(2)14-13-15(17-12(20)9-22-14)19(18-16(13)21)11-7-5-3-4-6-8-11/h10-11,14H,3-9H2,1-2H3,(H,17,20)(H,18,21)/t14-/m1/s1. The monoisotopic (exact) mass is 323 g/mol. The SMILES string of the molecule is CC(C)[C@H]1SCC(=O)Nc2c1c(=O)[nH]n2C1CCCCCC1. The van der Waals surface area contributed by atoms with E-state index in [0.29, 0.717) is 17.7 Å². The number of anilines is 1. The number of rotatable bonds is 2. The zero-order valence-corrected chi connectivity index (χ0v) is 14.2. The van der Waals surface area contributed by atoms with Gasteiger partial charge >= 0.3 is 0 Å². The van der Waals surface area contributed by atoms with Gasteiger partial charge in [0.15, 0.2) is 0 Å². The van der Waals surface area contributed by atoms with Crippen LogP contribution in [0.25, 0.3) is 0 Å². The fourth-order valence-corrected chi connectivity index (χ4v) is 4.76. The lowest BCUT2D eigenvalue weighted by molar-refractivity contribution is -0.113. The molecule has 6 heteroatoms. The number of fused-ring (bicyclic) bond motifs is 1. The molecule has 1 aromatic rings. The average Bonchev–Trinajstić information content (AvgIpc) is 2.70. The van der Waals surface area contributed by atoms with Crippen molar-refractivity contribution in [1.82, 2.24) is 9.78 Å². The summed E-state index contributed by atoms with van der Waals surface area (Å²) in [6, 6.07) is 0.301. The summed E-state index contributed by atoms with van der Waals surface area (Å²) in [5.41, 5.74) is 0.725. The van der Waals surface area contributed by atoms with Gasteiger partial charge in [-0.25, -0.2) is 0 Å². The van der Waals surface area contributed by atoms with E-state index in [2.05, 4.69) is 24.3 Å². The third-order valence-corrected chi connectivity index (χ3v) is 6.26. The van der Waals surface area contributed by atoms with Gasteiger partial charge in [0.25, 0.3) is 5.56 Å². The predicted octanol–water partition coefficient (Wildman–Crippen LogP) is 3.45. The van der Waals surface area contributed by atoms with Crippen molar-refractivity contribution < 1.29 is 4.79 Å². The Morgan fingerprint density at radius 3 is 2.45 bits per heavy atom. The molecule has 0 bridgehead atoms. The van der Waals surface area contributed by atoms with E-state index in [1.807, 2.05) is 4.68 Å². The second-order valence-corrected chi connectivity index (χ2v) is 7.87. The van der Waals surface area contributed by atoms with Crippen molar-refractivity contribution in [3.8, 4) is 0 Å². The van der Waals surface area contributed by atoms with Gasteiger partial charge in [-0.3, -0.25) is 19.4 Å². The molecule has 2 heterocycles. The van der Waals surface area contributed by atoms with E-state index in [-0.39, 0.29) is 16.7 Å². The first-order valence-corrected chi connectivity index (χ1v) is 9.38. The number of nitrogens with zero attached hydrogens (tertiary/aromatic N) is 1. The van der Waals surface area contributed by atoms with Gasteiger partial charge in [0.1, 0.15) is 5.82 Å². The molecule has 1 aliphatic carbocycles. The van der Waals surface area contributed by atoms with Crippen LogP contribution in [0.5, 0.6) is 0 Å². The molecule has 5 nitrogen and oxygen atoms in total. The highest BCUT2D eigenvalue weighted by atomic mass is 32.2. The first-order valence-electron chi connectivity index (χ1n) is 8.33. The predicted molar refractivity (Wildman–Crippen MR) is 90.5 cm³/mol. The molecule has 1 amide bonds. The van der Waals surface area contributed by atoms with Crippen molar-refractivity contribution in [3.05, 3.63) is 15.9 Å². The zero-order valence-electron chi connectivity index (χ0n) is 13.4.